The predicted octanol–water partition coefficient (Wildman–Crippen LogP) is 1.45. The van der Waals surface area contributed by atoms with Gasteiger partial charge in [-0.3, -0.25) is 14.9 Å². The van der Waals surface area contributed by atoms with Crippen molar-refractivity contribution in [2.24, 2.45) is 5.92 Å². The summed E-state index contributed by atoms with van der Waals surface area (Å²) in [6, 6.07) is 9.05. The molecular formula is C16H18N2O4. The van der Waals surface area contributed by atoms with Crippen molar-refractivity contribution >= 4 is 17.9 Å². The zero-order chi connectivity index (χ0) is 15.7. The number of likely N-dealkylation sites (N-methyl/N-ethyl adjacent to an activating group) is 1. The minimum atomic E-state index is -0.881. The Kier molecular flexibility index (Phi) is 3.60. The molecule has 1 saturated carbocycles. The molecule has 22 heavy (non-hydrogen) atoms. The molecule has 1 aromatic carbocycles. The van der Waals surface area contributed by atoms with Crippen molar-refractivity contribution < 1.29 is 19.1 Å². The molecule has 1 aliphatic heterocycles. The lowest BCUT2D eigenvalue weighted by molar-refractivity contribution is -0.150. The number of nitrogens with zero attached hydrogens (tertiary/aromatic N) is 1. The summed E-state index contributed by atoms with van der Waals surface area (Å²) < 4.78 is 5.34. The van der Waals surface area contributed by atoms with E-state index >= 15 is 0 Å². The van der Waals surface area contributed by atoms with Gasteiger partial charge in [0, 0.05) is 7.05 Å². The number of hydrogen-bond donors (Lipinski definition) is 1. The number of rotatable bonds is 3. The van der Waals surface area contributed by atoms with E-state index in [4.69, 9.17) is 4.74 Å². The Morgan fingerprint density at radius 2 is 2.09 bits per heavy atom. The van der Waals surface area contributed by atoms with Gasteiger partial charge in [-0.05, 0) is 24.8 Å². The van der Waals surface area contributed by atoms with E-state index in [-0.39, 0.29) is 24.4 Å². The van der Waals surface area contributed by atoms with Gasteiger partial charge >= 0.3 is 12.0 Å². The molecule has 116 valence electrons. The first-order valence-electron chi connectivity index (χ1n) is 7.33. The number of hydrogen-bond acceptors (Lipinski definition) is 4. The number of nitrogens with one attached hydrogen (secondary N) is 1. The molecule has 1 aliphatic carbocycles. The van der Waals surface area contributed by atoms with Crippen LogP contribution in [0.25, 0.3) is 0 Å². The average molecular weight is 302 g/mol. The Balaban J connectivity index is 1.62. The third kappa shape index (κ3) is 2.34. The third-order valence-electron chi connectivity index (χ3n) is 4.64. The van der Waals surface area contributed by atoms with Crippen molar-refractivity contribution in [3.05, 3.63) is 35.9 Å². The fourth-order valence-electron chi connectivity index (χ4n) is 3.23. The maximum atomic E-state index is 12.2. The number of carbonyl (C=O) groups excluding carboxylic acids is 3. The lowest BCUT2D eigenvalue weighted by Crippen LogP contribution is -2.45. The van der Waals surface area contributed by atoms with Crippen LogP contribution in [0.4, 0.5) is 4.79 Å². The van der Waals surface area contributed by atoms with E-state index in [0.717, 1.165) is 5.56 Å². The first kappa shape index (κ1) is 14.6. The predicted molar refractivity (Wildman–Crippen MR) is 77.6 cm³/mol. The molecule has 3 amide bonds. The molecule has 1 saturated heterocycles. The number of amides is 3. The van der Waals surface area contributed by atoms with Gasteiger partial charge < -0.3 is 9.64 Å². The van der Waals surface area contributed by atoms with Crippen molar-refractivity contribution in [2.75, 3.05) is 7.05 Å². The molecule has 3 rings (SSSR count). The van der Waals surface area contributed by atoms with Crippen LogP contribution in [0.5, 0.6) is 0 Å². The maximum absolute atomic E-state index is 12.2. The molecule has 1 unspecified atom stereocenters. The highest BCUT2D eigenvalue weighted by atomic mass is 16.5. The summed E-state index contributed by atoms with van der Waals surface area (Å²) in [6.07, 6.45) is 1.37. The monoisotopic (exact) mass is 302 g/mol. The van der Waals surface area contributed by atoms with Crippen LogP contribution in [0.1, 0.15) is 24.8 Å². The quantitative estimate of drug-likeness (QED) is 0.677. The Labute approximate surface area is 128 Å². The van der Waals surface area contributed by atoms with E-state index < -0.39 is 11.6 Å². The van der Waals surface area contributed by atoms with Crippen molar-refractivity contribution in [1.29, 1.82) is 0 Å². The highest BCUT2D eigenvalue weighted by Crippen LogP contribution is 2.41. The van der Waals surface area contributed by atoms with E-state index in [1.165, 1.54) is 4.90 Å². The van der Waals surface area contributed by atoms with Crippen LogP contribution in [0.15, 0.2) is 30.3 Å². The van der Waals surface area contributed by atoms with Gasteiger partial charge in [-0.1, -0.05) is 30.3 Å². The van der Waals surface area contributed by atoms with E-state index in [1.54, 1.807) is 7.05 Å². The number of imide groups is 1. The summed E-state index contributed by atoms with van der Waals surface area (Å²) in [6.45, 7) is 0.226. The largest absolute Gasteiger partial charge is 0.461 e. The first-order valence-corrected chi connectivity index (χ1v) is 7.33. The van der Waals surface area contributed by atoms with Crippen molar-refractivity contribution in [1.82, 2.24) is 10.2 Å². The summed E-state index contributed by atoms with van der Waals surface area (Å²) in [5.74, 6) is -0.956. The van der Waals surface area contributed by atoms with Crippen molar-refractivity contribution in [2.45, 2.75) is 31.4 Å². The van der Waals surface area contributed by atoms with Gasteiger partial charge in [-0.15, -0.1) is 0 Å². The highest BCUT2D eigenvalue weighted by molar-refractivity contribution is 6.07. The number of urea groups is 1. The zero-order valence-electron chi connectivity index (χ0n) is 12.4. The Morgan fingerprint density at radius 1 is 1.36 bits per heavy atom. The van der Waals surface area contributed by atoms with Crippen LogP contribution in [0.3, 0.4) is 0 Å². The molecule has 6 nitrogen and oxygen atoms in total. The molecule has 0 bridgehead atoms. The van der Waals surface area contributed by atoms with Gasteiger partial charge in [0.1, 0.15) is 12.1 Å². The van der Waals surface area contributed by atoms with Crippen molar-refractivity contribution in [3.8, 4) is 0 Å². The molecule has 2 fully saturated rings. The molecule has 0 aromatic heterocycles. The van der Waals surface area contributed by atoms with Crippen LogP contribution in [-0.2, 0) is 20.9 Å². The van der Waals surface area contributed by atoms with Crippen LogP contribution in [-0.4, -0.2) is 35.4 Å². The van der Waals surface area contributed by atoms with Crippen LogP contribution in [0.2, 0.25) is 0 Å². The van der Waals surface area contributed by atoms with E-state index in [1.807, 2.05) is 30.3 Å². The number of benzene rings is 1. The van der Waals surface area contributed by atoms with E-state index in [0.29, 0.717) is 19.3 Å². The topological polar surface area (TPSA) is 75.7 Å². The summed E-state index contributed by atoms with van der Waals surface area (Å²) in [5.41, 5.74) is 0.0440. The van der Waals surface area contributed by atoms with Gasteiger partial charge in [-0.25, -0.2) is 4.79 Å². The summed E-state index contributed by atoms with van der Waals surface area (Å²) in [4.78, 5) is 37.3. The summed E-state index contributed by atoms with van der Waals surface area (Å²) in [7, 11) is 1.60. The second-order valence-corrected chi connectivity index (χ2v) is 5.88. The van der Waals surface area contributed by atoms with Crippen LogP contribution < -0.4 is 5.32 Å². The van der Waals surface area contributed by atoms with Crippen LogP contribution >= 0.6 is 0 Å². The van der Waals surface area contributed by atoms with E-state index in [2.05, 4.69) is 5.32 Å². The summed E-state index contributed by atoms with van der Waals surface area (Å²) in [5, 5.41) is 2.31. The molecule has 1 aromatic rings. The molecule has 1 heterocycles. The second kappa shape index (κ2) is 5.44. The lowest BCUT2D eigenvalue weighted by Gasteiger charge is -2.27. The summed E-state index contributed by atoms with van der Waals surface area (Å²) >= 11 is 0. The molecule has 0 radical (unpaired) electrons. The molecule has 1 N–H and O–H groups in total. The van der Waals surface area contributed by atoms with E-state index in [9.17, 15) is 14.4 Å². The minimum Gasteiger partial charge on any atom is -0.461 e. The molecule has 1 spiro atoms. The Hall–Kier alpha value is -2.37. The van der Waals surface area contributed by atoms with Gasteiger partial charge in [0.2, 0.25) is 0 Å². The van der Waals surface area contributed by atoms with Gasteiger partial charge in [0.25, 0.3) is 5.91 Å². The number of esters is 1. The van der Waals surface area contributed by atoms with Gasteiger partial charge in [-0.2, -0.15) is 0 Å². The average Bonchev–Trinajstić information content (AvgIpc) is 3.06. The molecule has 2 atom stereocenters. The minimum absolute atomic E-state index is 0.226. The van der Waals surface area contributed by atoms with Crippen LogP contribution in [0, 0.1) is 5.92 Å². The molecule has 6 heteroatoms. The Morgan fingerprint density at radius 3 is 2.73 bits per heavy atom. The number of carbonyl (C=O) groups is 3. The standard InChI is InChI=1S/C16H18N2O4/c1-18-15(21)17-14(20)16(18)8-7-12(9-16)13(19)22-10-11-5-3-2-4-6-11/h2-6,12H,7-10H2,1H3,(H,17,20,21)/t12-,16?/m1/s1. The molecular weight excluding hydrogens is 284 g/mol. The highest BCUT2D eigenvalue weighted by Gasteiger charge is 2.56. The van der Waals surface area contributed by atoms with Gasteiger partial charge in [0.15, 0.2) is 0 Å². The van der Waals surface area contributed by atoms with Crippen molar-refractivity contribution in [3.63, 3.8) is 0 Å². The fourth-order valence-corrected chi connectivity index (χ4v) is 3.23. The third-order valence-corrected chi connectivity index (χ3v) is 4.64. The smallest absolute Gasteiger partial charge is 0.324 e. The second-order valence-electron chi connectivity index (χ2n) is 5.88. The zero-order valence-corrected chi connectivity index (χ0v) is 12.4. The fraction of sp³-hybridized carbons (Fsp3) is 0.438. The first-order chi connectivity index (χ1) is 10.5. The molecule has 2 aliphatic rings. The SMILES string of the molecule is CN1C(=O)NC(=O)C12CC[C@@H](C(=O)OCc1ccccc1)C2. The maximum Gasteiger partial charge on any atom is 0.324 e. The normalized spacial score (nSPS) is 27.3. The number of ether oxygens (including phenoxy) is 1. The lowest BCUT2D eigenvalue weighted by atomic mass is 9.95. The van der Waals surface area contributed by atoms with Gasteiger partial charge in [0.05, 0.1) is 5.92 Å². The Bertz CT molecular complexity index is 616.